The minimum atomic E-state index is 0.517. The molecule has 0 N–H and O–H groups in total. The maximum absolute atomic E-state index is 6.35. The third-order valence-electron chi connectivity index (χ3n) is 3.78. The molecule has 21 heavy (non-hydrogen) atoms. The Bertz CT molecular complexity index is 774. The zero-order valence-electron chi connectivity index (χ0n) is 12.2. The van der Waals surface area contributed by atoms with Crippen LogP contribution in [0.2, 0.25) is 5.15 Å². The third-order valence-corrected chi connectivity index (χ3v) is 4.07. The Morgan fingerprint density at radius 3 is 2.19 bits per heavy atom. The van der Waals surface area contributed by atoms with Crippen molar-refractivity contribution >= 4 is 22.5 Å². The average molecular weight is 297 g/mol. The van der Waals surface area contributed by atoms with Gasteiger partial charge in [-0.15, -0.1) is 0 Å². The quantitative estimate of drug-likeness (QED) is 0.630. The second kappa shape index (κ2) is 5.82. The van der Waals surface area contributed by atoms with Gasteiger partial charge in [0.05, 0.1) is 5.52 Å². The lowest BCUT2D eigenvalue weighted by Crippen LogP contribution is -1.99. The van der Waals surface area contributed by atoms with Gasteiger partial charge in [-0.2, -0.15) is 0 Å². The molecule has 2 nitrogen and oxygen atoms in total. The molecule has 3 heteroatoms. The van der Waals surface area contributed by atoms with Gasteiger partial charge in [0.2, 0.25) is 0 Å². The van der Waals surface area contributed by atoms with E-state index in [1.54, 1.807) is 0 Å². The summed E-state index contributed by atoms with van der Waals surface area (Å²) in [5, 5.41) is 1.42. The zero-order chi connectivity index (χ0) is 14.8. The smallest absolute Gasteiger partial charge is 0.162 e. The van der Waals surface area contributed by atoms with Gasteiger partial charge in [0.1, 0.15) is 5.15 Å². The second-order valence-electron chi connectivity index (χ2n) is 5.01. The summed E-state index contributed by atoms with van der Waals surface area (Å²) in [4.78, 5) is 9.27. The molecule has 1 heterocycles. The zero-order valence-corrected chi connectivity index (χ0v) is 13.0. The molecule has 0 radical (unpaired) electrons. The van der Waals surface area contributed by atoms with E-state index in [1.807, 2.05) is 24.3 Å². The molecule has 0 aliphatic carbocycles. The van der Waals surface area contributed by atoms with Crippen molar-refractivity contribution in [3.8, 4) is 11.4 Å². The lowest BCUT2D eigenvalue weighted by Gasteiger charge is -2.13. The van der Waals surface area contributed by atoms with Crippen molar-refractivity contribution in [2.24, 2.45) is 0 Å². The van der Waals surface area contributed by atoms with E-state index in [4.69, 9.17) is 16.6 Å². The first-order chi connectivity index (χ1) is 10.2. The van der Waals surface area contributed by atoms with Crippen molar-refractivity contribution in [3.63, 3.8) is 0 Å². The van der Waals surface area contributed by atoms with Crippen LogP contribution in [0.3, 0.4) is 0 Å². The Labute approximate surface area is 129 Å². The minimum Gasteiger partial charge on any atom is -0.228 e. The predicted molar refractivity (Wildman–Crippen MR) is 88.7 cm³/mol. The number of hydrogen-bond donors (Lipinski definition) is 0. The molecule has 0 unspecified atom stereocenters. The lowest BCUT2D eigenvalue weighted by molar-refractivity contribution is 1.07. The number of rotatable bonds is 3. The molecular formula is C18H17ClN2. The predicted octanol–water partition coefficient (Wildman–Crippen LogP) is 5.08. The van der Waals surface area contributed by atoms with Crippen LogP contribution in [-0.4, -0.2) is 9.97 Å². The first-order valence-electron chi connectivity index (χ1n) is 7.28. The molecule has 2 aromatic carbocycles. The van der Waals surface area contributed by atoms with E-state index in [0.29, 0.717) is 5.15 Å². The Morgan fingerprint density at radius 1 is 0.857 bits per heavy atom. The maximum atomic E-state index is 6.35. The largest absolute Gasteiger partial charge is 0.228 e. The highest BCUT2D eigenvalue weighted by Gasteiger charge is 2.14. The summed E-state index contributed by atoms with van der Waals surface area (Å²) < 4.78 is 0. The van der Waals surface area contributed by atoms with Crippen molar-refractivity contribution in [2.75, 3.05) is 0 Å². The minimum absolute atomic E-state index is 0.517. The Balaban J connectivity index is 2.30. The van der Waals surface area contributed by atoms with Crippen LogP contribution in [0.15, 0.2) is 42.5 Å². The lowest BCUT2D eigenvalue weighted by atomic mass is 9.97. The molecule has 0 aliphatic rings. The fraction of sp³-hybridized carbons (Fsp3) is 0.222. The van der Waals surface area contributed by atoms with Crippen molar-refractivity contribution in [2.45, 2.75) is 26.7 Å². The summed E-state index contributed by atoms with van der Waals surface area (Å²) in [6, 6.07) is 14.2. The first kappa shape index (κ1) is 14.0. The summed E-state index contributed by atoms with van der Waals surface area (Å²) in [6.07, 6.45) is 1.91. The van der Waals surface area contributed by atoms with Gasteiger partial charge < -0.3 is 0 Å². The van der Waals surface area contributed by atoms with E-state index in [0.717, 1.165) is 35.1 Å². The summed E-state index contributed by atoms with van der Waals surface area (Å²) in [7, 11) is 0. The van der Waals surface area contributed by atoms with Crippen LogP contribution in [0.25, 0.3) is 22.3 Å². The molecule has 0 saturated carbocycles. The molecule has 0 fully saturated rings. The first-order valence-corrected chi connectivity index (χ1v) is 7.65. The summed E-state index contributed by atoms with van der Waals surface area (Å²) in [5.41, 5.74) is 4.55. The van der Waals surface area contributed by atoms with Gasteiger partial charge in [0.15, 0.2) is 5.82 Å². The summed E-state index contributed by atoms with van der Waals surface area (Å²) >= 11 is 6.35. The summed E-state index contributed by atoms with van der Waals surface area (Å²) in [5.74, 6) is 0.730. The molecule has 106 valence electrons. The standard InChI is InChI=1S/C18H17ClN2/c1-3-12-8-7-9-13(4-2)16(12)18-20-15-11-6-5-10-14(15)17(19)21-18/h5-11H,3-4H2,1-2H3. The van der Waals surface area contributed by atoms with Crippen LogP contribution in [0.1, 0.15) is 25.0 Å². The number of para-hydroxylation sites is 1. The second-order valence-corrected chi connectivity index (χ2v) is 5.37. The van der Waals surface area contributed by atoms with Crippen LogP contribution in [0.4, 0.5) is 0 Å². The van der Waals surface area contributed by atoms with Crippen molar-refractivity contribution in [1.29, 1.82) is 0 Å². The Morgan fingerprint density at radius 2 is 1.52 bits per heavy atom. The molecule has 0 aliphatic heterocycles. The Hall–Kier alpha value is -1.93. The van der Waals surface area contributed by atoms with E-state index in [-0.39, 0.29) is 0 Å². The summed E-state index contributed by atoms with van der Waals surface area (Å²) in [6.45, 7) is 4.31. The number of benzene rings is 2. The fourth-order valence-electron chi connectivity index (χ4n) is 2.68. The molecule has 0 saturated heterocycles. The number of nitrogens with zero attached hydrogens (tertiary/aromatic N) is 2. The van der Waals surface area contributed by atoms with Gasteiger partial charge in [-0.25, -0.2) is 9.97 Å². The van der Waals surface area contributed by atoms with E-state index < -0.39 is 0 Å². The van der Waals surface area contributed by atoms with E-state index in [2.05, 4.69) is 37.0 Å². The van der Waals surface area contributed by atoms with E-state index in [9.17, 15) is 0 Å². The Kier molecular flexibility index (Phi) is 3.89. The molecule has 0 amide bonds. The molecule has 1 aromatic heterocycles. The third kappa shape index (κ3) is 2.52. The normalized spacial score (nSPS) is 11.0. The number of aryl methyl sites for hydroxylation is 2. The van der Waals surface area contributed by atoms with Gasteiger partial charge in [0.25, 0.3) is 0 Å². The van der Waals surface area contributed by atoms with Crippen LogP contribution in [0.5, 0.6) is 0 Å². The van der Waals surface area contributed by atoms with Crippen LogP contribution in [-0.2, 0) is 12.8 Å². The number of fused-ring (bicyclic) bond motifs is 1. The maximum Gasteiger partial charge on any atom is 0.162 e. The van der Waals surface area contributed by atoms with Crippen LogP contribution >= 0.6 is 11.6 Å². The molecule has 0 bridgehead atoms. The number of hydrogen-bond acceptors (Lipinski definition) is 2. The SMILES string of the molecule is CCc1cccc(CC)c1-c1nc(Cl)c2ccccc2n1. The van der Waals surface area contributed by atoms with Gasteiger partial charge >= 0.3 is 0 Å². The average Bonchev–Trinajstić information content (AvgIpc) is 2.54. The van der Waals surface area contributed by atoms with E-state index in [1.165, 1.54) is 11.1 Å². The number of halogens is 1. The van der Waals surface area contributed by atoms with Gasteiger partial charge in [-0.05, 0) is 36.1 Å². The molecule has 3 aromatic rings. The van der Waals surface area contributed by atoms with Gasteiger partial charge in [-0.3, -0.25) is 0 Å². The van der Waals surface area contributed by atoms with Crippen molar-refractivity contribution in [1.82, 2.24) is 9.97 Å². The van der Waals surface area contributed by atoms with E-state index >= 15 is 0 Å². The molecular weight excluding hydrogens is 280 g/mol. The van der Waals surface area contributed by atoms with Gasteiger partial charge in [0, 0.05) is 10.9 Å². The topological polar surface area (TPSA) is 25.8 Å². The molecule has 0 atom stereocenters. The highest BCUT2D eigenvalue weighted by molar-refractivity contribution is 6.34. The van der Waals surface area contributed by atoms with Crippen molar-refractivity contribution < 1.29 is 0 Å². The molecule has 3 rings (SSSR count). The fourth-order valence-corrected chi connectivity index (χ4v) is 2.92. The highest BCUT2D eigenvalue weighted by atomic mass is 35.5. The monoisotopic (exact) mass is 296 g/mol. The number of aromatic nitrogens is 2. The van der Waals surface area contributed by atoms with Crippen LogP contribution < -0.4 is 0 Å². The van der Waals surface area contributed by atoms with Gasteiger partial charge in [-0.1, -0.05) is 55.8 Å². The van der Waals surface area contributed by atoms with Crippen molar-refractivity contribution in [3.05, 3.63) is 58.7 Å². The highest BCUT2D eigenvalue weighted by Crippen LogP contribution is 2.30. The van der Waals surface area contributed by atoms with Crippen LogP contribution in [0, 0.1) is 0 Å². The molecule has 0 spiro atoms.